The molecule has 5 rings (SSSR count). The van der Waals surface area contributed by atoms with Crippen molar-refractivity contribution in [2.24, 2.45) is 0 Å². The van der Waals surface area contributed by atoms with Crippen LogP contribution in [-0.2, 0) is 0 Å². The van der Waals surface area contributed by atoms with E-state index in [2.05, 4.69) is 20.6 Å². The van der Waals surface area contributed by atoms with E-state index < -0.39 is 5.91 Å². The molecule has 3 N–H and O–H groups in total. The lowest BCUT2D eigenvalue weighted by Crippen LogP contribution is -2.33. The average molecular weight is 521 g/mol. The molecule has 0 radical (unpaired) electrons. The van der Waals surface area contributed by atoms with Crippen molar-refractivity contribution in [1.82, 2.24) is 15.3 Å². The molecule has 9 heteroatoms. The van der Waals surface area contributed by atoms with Crippen LogP contribution in [-0.4, -0.2) is 21.0 Å². The van der Waals surface area contributed by atoms with Crippen LogP contribution in [0.4, 0.5) is 5.69 Å². The van der Waals surface area contributed by atoms with Gasteiger partial charge in [0.2, 0.25) is 0 Å². The minimum atomic E-state index is -0.455. The van der Waals surface area contributed by atoms with Gasteiger partial charge in [-0.25, -0.2) is 4.98 Å². The Bertz CT molecular complexity index is 1540. The van der Waals surface area contributed by atoms with Crippen LogP contribution in [0.15, 0.2) is 77.2 Å². The van der Waals surface area contributed by atoms with Crippen molar-refractivity contribution >= 4 is 63.2 Å². The van der Waals surface area contributed by atoms with Gasteiger partial charge >= 0.3 is 0 Å². The second-order valence-corrected chi connectivity index (χ2v) is 9.12. The van der Waals surface area contributed by atoms with Gasteiger partial charge in [0, 0.05) is 26.9 Å². The van der Waals surface area contributed by atoms with E-state index in [1.54, 1.807) is 24.3 Å². The number of H-pyrrole nitrogens is 1. The maximum Gasteiger partial charge on any atom is 0.293 e. The SMILES string of the molecule is Cc1cc2[nH]c(-c3cccc(NC(=S)NC(=O)c4ccc(-c5ccc(Cl)cc5)o4)c3)nc2cc1Cl. The Hall–Kier alpha value is -3.65. The van der Waals surface area contributed by atoms with Gasteiger partial charge in [-0.15, -0.1) is 0 Å². The van der Waals surface area contributed by atoms with E-state index >= 15 is 0 Å². The zero-order valence-corrected chi connectivity index (χ0v) is 20.7. The third-order valence-electron chi connectivity index (χ3n) is 5.34. The number of benzene rings is 3. The molecule has 5 aromatic rings. The van der Waals surface area contributed by atoms with Crippen LogP contribution in [0.3, 0.4) is 0 Å². The third kappa shape index (κ3) is 5.07. The Balaban J connectivity index is 1.27. The maximum absolute atomic E-state index is 12.6. The summed E-state index contributed by atoms with van der Waals surface area (Å²) in [7, 11) is 0. The summed E-state index contributed by atoms with van der Waals surface area (Å²) in [6.45, 7) is 1.95. The number of furan rings is 1. The summed E-state index contributed by atoms with van der Waals surface area (Å²) >= 11 is 17.5. The normalized spacial score (nSPS) is 10.9. The largest absolute Gasteiger partial charge is 0.451 e. The van der Waals surface area contributed by atoms with Gasteiger partial charge in [0.05, 0.1) is 11.0 Å². The molecule has 1 amide bonds. The highest BCUT2D eigenvalue weighted by Crippen LogP contribution is 2.27. The van der Waals surface area contributed by atoms with Crippen LogP contribution in [0, 0.1) is 6.92 Å². The minimum Gasteiger partial charge on any atom is -0.451 e. The molecule has 0 aliphatic heterocycles. The molecular weight excluding hydrogens is 503 g/mol. The molecule has 0 saturated carbocycles. The van der Waals surface area contributed by atoms with Gasteiger partial charge in [-0.2, -0.15) is 0 Å². The van der Waals surface area contributed by atoms with E-state index in [-0.39, 0.29) is 10.9 Å². The summed E-state index contributed by atoms with van der Waals surface area (Å²) in [6.07, 6.45) is 0. The fourth-order valence-corrected chi connectivity index (χ4v) is 4.07. The number of carbonyl (C=O) groups is 1. The van der Waals surface area contributed by atoms with E-state index in [0.717, 1.165) is 27.7 Å². The summed E-state index contributed by atoms with van der Waals surface area (Å²) in [5.41, 5.74) is 5.03. The summed E-state index contributed by atoms with van der Waals surface area (Å²) < 4.78 is 5.68. The highest BCUT2D eigenvalue weighted by molar-refractivity contribution is 7.80. The molecular formula is C26H18Cl2N4O2S. The number of thiocarbonyl (C=S) groups is 1. The van der Waals surface area contributed by atoms with E-state index in [4.69, 9.17) is 39.8 Å². The van der Waals surface area contributed by atoms with Crippen molar-refractivity contribution in [1.29, 1.82) is 0 Å². The number of hydrogen-bond acceptors (Lipinski definition) is 4. The Morgan fingerprint density at radius 2 is 1.80 bits per heavy atom. The van der Waals surface area contributed by atoms with Gasteiger partial charge in [-0.05, 0) is 85.4 Å². The van der Waals surface area contributed by atoms with Crippen molar-refractivity contribution in [3.63, 3.8) is 0 Å². The second-order valence-electron chi connectivity index (χ2n) is 7.86. The average Bonchev–Trinajstić information content (AvgIpc) is 3.48. The lowest BCUT2D eigenvalue weighted by Gasteiger charge is -2.09. The maximum atomic E-state index is 12.6. The lowest BCUT2D eigenvalue weighted by molar-refractivity contribution is 0.0951. The number of carbonyl (C=O) groups excluding carboxylic acids is 1. The molecule has 0 aliphatic rings. The molecule has 0 aliphatic carbocycles. The van der Waals surface area contributed by atoms with Gasteiger partial charge < -0.3 is 14.7 Å². The topological polar surface area (TPSA) is 83.0 Å². The predicted molar refractivity (Wildman–Crippen MR) is 144 cm³/mol. The fourth-order valence-electron chi connectivity index (χ4n) is 3.58. The van der Waals surface area contributed by atoms with Crippen LogP contribution in [0.1, 0.15) is 16.1 Å². The molecule has 0 fully saturated rings. The number of halogens is 2. The van der Waals surface area contributed by atoms with E-state index in [0.29, 0.717) is 27.3 Å². The molecule has 2 heterocycles. The first-order valence-corrected chi connectivity index (χ1v) is 11.8. The zero-order chi connectivity index (χ0) is 24.5. The highest BCUT2D eigenvalue weighted by atomic mass is 35.5. The summed E-state index contributed by atoms with van der Waals surface area (Å²) in [5, 5.41) is 7.11. The van der Waals surface area contributed by atoms with Crippen molar-refractivity contribution in [2.45, 2.75) is 6.92 Å². The molecule has 35 heavy (non-hydrogen) atoms. The predicted octanol–water partition coefficient (Wildman–Crippen LogP) is 7.23. The van der Waals surface area contributed by atoms with Gasteiger partial charge in [0.15, 0.2) is 10.9 Å². The first-order valence-electron chi connectivity index (χ1n) is 10.6. The molecule has 0 bridgehead atoms. The summed E-state index contributed by atoms with van der Waals surface area (Å²) in [5.74, 6) is 0.943. The molecule has 6 nitrogen and oxygen atoms in total. The standard InChI is InChI=1S/C26H18Cl2N4O2S/c1-14-11-20-21(13-19(14)28)31-24(30-20)16-3-2-4-18(12-16)29-26(35)32-25(33)23-10-9-22(34-23)15-5-7-17(27)8-6-15/h2-13H,1H3,(H,30,31)(H2,29,32,33,35). The Kier molecular flexibility index (Phi) is 6.30. The number of anilines is 1. The van der Waals surface area contributed by atoms with E-state index in [9.17, 15) is 4.79 Å². The van der Waals surface area contributed by atoms with E-state index in [1.807, 2.05) is 55.5 Å². The van der Waals surface area contributed by atoms with Crippen LogP contribution < -0.4 is 10.6 Å². The minimum absolute atomic E-state index is 0.142. The number of aryl methyl sites for hydroxylation is 1. The third-order valence-corrected chi connectivity index (χ3v) is 6.21. The number of rotatable bonds is 4. The van der Waals surface area contributed by atoms with Crippen molar-refractivity contribution in [3.05, 3.63) is 94.2 Å². The number of aromatic amines is 1. The van der Waals surface area contributed by atoms with Crippen molar-refractivity contribution < 1.29 is 9.21 Å². The molecule has 3 aromatic carbocycles. The number of amides is 1. The number of imidazole rings is 1. The number of aromatic nitrogens is 2. The van der Waals surface area contributed by atoms with Gasteiger partial charge in [0.1, 0.15) is 11.6 Å². The van der Waals surface area contributed by atoms with Gasteiger partial charge in [0.25, 0.3) is 5.91 Å². The Morgan fingerprint density at radius 3 is 2.60 bits per heavy atom. The monoisotopic (exact) mass is 520 g/mol. The van der Waals surface area contributed by atoms with Crippen LogP contribution in [0.5, 0.6) is 0 Å². The number of hydrogen-bond donors (Lipinski definition) is 3. The first kappa shape index (κ1) is 23.1. The van der Waals surface area contributed by atoms with Crippen LogP contribution in [0.2, 0.25) is 10.0 Å². The second kappa shape index (κ2) is 9.54. The van der Waals surface area contributed by atoms with Gasteiger partial charge in [-0.3, -0.25) is 10.1 Å². The smallest absolute Gasteiger partial charge is 0.293 e. The first-order chi connectivity index (χ1) is 16.9. The lowest BCUT2D eigenvalue weighted by atomic mass is 10.2. The van der Waals surface area contributed by atoms with Crippen molar-refractivity contribution in [2.75, 3.05) is 5.32 Å². The van der Waals surface area contributed by atoms with E-state index in [1.165, 1.54) is 0 Å². The number of fused-ring (bicyclic) bond motifs is 1. The molecule has 2 aromatic heterocycles. The molecule has 0 atom stereocenters. The number of nitrogens with one attached hydrogen (secondary N) is 3. The molecule has 0 saturated heterocycles. The molecule has 0 spiro atoms. The van der Waals surface area contributed by atoms with Crippen molar-refractivity contribution in [3.8, 4) is 22.7 Å². The Morgan fingerprint density at radius 1 is 1.00 bits per heavy atom. The fraction of sp³-hybridized carbons (Fsp3) is 0.0385. The number of nitrogens with zero attached hydrogens (tertiary/aromatic N) is 1. The quantitative estimate of drug-likeness (QED) is 0.217. The molecule has 174 valence electrons. The Labute approximate surface area is 216 Å². The van der Waals surface area contributed by atoms with Crippen LogP contribution in [0.25, 0.3) is 33.7 Å². The van der Waals surface area contributed by atoms with Gasteiger partial charge in [-0.1, -0.05) is 35.3 Å². The summed E-state index contributed by atoms with van der Waals surface area (Å²) in [6, 6.07) is 21.8. The molecule has 0 unspecified atom stereocenters. The highest BCUT2D eigenvalue weighted by Gasteiger charge is 2.14. The summed E-state index contributed by atoms with van der Waals surface area (Å²) in [4.78, 5) is 20.6. The zero-order valence-electron chi connectivity index (χ0n) is 18.4. The van der Waals surface area contributed by atoms with Crippen LogP contribution >= 0.6 is 35.4 Å².